The van der Waals surface area contributed by atoms with E-state index >= 15 is 0 Å². The molecule has 3 aromatic rings. The molecule has 7 nitrogen and oxygen atoms in total. The van der Waals surface area contributed by atoms with E-state index in [-0.39, 0.29) is 12.1 Å². The summed E-state index contributed by atoms with van der Waals surface area (Å²) in [6, 6.07) is 14.4. The van der Waals surface area contributed by atoms with E-state index < -0.39 is 17.2 Å². The molecule has 7 heteroatoms. The highest BCUT2D eigenvalue weighted by Crippen LogP contribution is 2.30. The van der Waals surface area contributed by atoms with Crippen molar-refractivity contribution < 1.29 is 19.4 Å². The molecule has 0 radical (unpaired) electrons. The monoisotopic (exact) mass is 408 g/mol. The van der Waals surface area contributed by atoms with Crippen LogP contribution in [0.4, 0.5) is 0 Å². The van der Waals surface area contributed by atoms with Crippen molar-refractivity contribution in [2.24, 2.45) is 7.05 Å². The van der Waals surface area contributed by atoms with Crippen LogP contribution >= 0.6 is 0 Å². The summed E-state index contributed by atoms with van der Waals surface area (Å²) >= 11 is 0. The molecule has 1 amide bonds. The number of nitrogens with zero attached hydrogens (tertiary/aromatic N) is 1. The van der Waals surface area contributed by atoms with Crippen LogP contribution in [0.3, 0.4) is 0 Å². The Hall–Kier alpha value is -3.74. The van der Waals surface area contributed by atoms with Crippen molar-refractivity contribution in [2.75, 3.05) is 14.2 Å². The molecule has 0 unspecified atom stereocenters. The molecule has 0 fully saturated rings. The van der Waals surface area contributed by atoms with Crippen LogP contribution in [-0.4, -0.2) is 29.8 Å². The quantitative estimate of drug-likeness (QED) is 0.654. The zero-order chi connectivity index (χ0) is 21.8. The van der Waals surface area contributed by atoms with Crippen LogP contribution in [0.25, 0.3) is 11.3 Å². The second kappa shape index (κ2) is 8.73. The standard InChI is InChI=1S/C23H24N2O5/c1-14-8-10-15(11-9-14)18-12-17(20(26)23(28)25(18)2)22(27)24-13-16-6-5-7-19(29-3)21(16)30-4/h5-12,26H,13H2,1-4H3,(H,24,27). The highest BCUT2D eigenvalue weighted by molar-refractivity contribution is 5.97. The minimum atomic E-state index is -0.641. The van der Waals surface area contributed by atoms with E-state index in [0.717, 1.165) is 11.1 Å². The topological polar surface area (TPSA) is 89.8 Å². The number of benzene rings is 2. The number of aromatic hydroxyl groups is 1. The zero-order valence-electron chi connectivity index (χ0n) is 17.4. The number of amides is 1. The molecule has 0 aliphatic heterocycles. The first-order valence-corrected chi connectivity index (χ1v) is 9.35. The van der Waals surface area contributed by atoms with Gasteiger partial charge in [-0.3, -0.25) is 9.59 Å². The smallest absolute Gasteiger partial charge is 0.293 e. The van der Waals surface area contributed by atoms with Crippen LogP contribution in [0.2, 0.25) is 0 Å². The first-order valence-electron chi connectivity index (χ1n) is 9.35. The Morgan fingerprint density at radius 3 is 2.43 bits per heavy atom. The molecule has 0 atom stereocenters. The molecular formula is C23H24N2O5. The second-order valence-corrected chi connectivity index (χ2v) is 6.86. The third-order valence-corrected chi connectivity index (χ3v) is 4.92. The molecule has 3 rings (SSSR count). The maximum absolute atomic E-state index is 12.8. The molecule has 0 aliphatic carbocycles. The van der Waals surface area contributed by atoms with Crippen LogP contribution in [0, 0.1) is 6.92 Å². The van der Waals surface area contributed by atoms with Crippen LogP contribution in [0.1, 0.15) is 21.5 Å². The number of hydrogen-bond donors (Lipinski definition) is 2. The van der Waals surface area contributed by atoms with Crippen molar-refractivity contribution in [1.29, 1.82) is 0 Å². The van der Waals surface area contributed by atoms with Gasteiger partial charge in [0.2, 0.25) is 0 Å². The Morgan fingerprint density at radius 2 is 1.80 bits per heavy atom. The second-order valence-electron chi connectivity index (χ2n) is 6.86. The van der Waals surface area contributed by atoms with E-state index in [0.29, 0.717) is 22.8 Å². The molecular weight excluding hydrogens is 384 g/mol. The van der Waals surface area contributed by atoms with Crippen LogP contribution in [0.5, 0.6) is 17.2 Å². The molecule has 0 saturated heterocycles. The van der Waals surface area contributed by atoms with Crippen LogP contribution in [0.15, 0.2) is 53.3 Å². The number of carbonyl (C=O) groups excluding carboxylic acids is 1. The van der Waals surface area contributed by atoms with Crippen LogP contribution in [-0.2, 0) is 13.6 Å². The van der Waals surface area contributed by atoms with Crippen molar-refractivity contribution in [3.63, 3.8) is 0 Å². The number of hydrogen-bond acceptors (Lipinski definition) is 5. The average molecular weight is 408 g/mol. The molecule has 30 heavy (non-hydrogen) atoms. The van der Waals surface area contributed by atoms with Gasteiger partial charge in [-0.2, -0.15) is 0 Å². The van der Waals surface area contributed by atoms with Gasteiger partial charge in [0.05, 0.1) is 25.5 Å². The first kappa shape index (κ1) is 21.0. The van der Waals surface area contributed by atoms with Gasteiger partial charge in [-0.15, -0.1) is 0 Å². The summed E-state index contributed by atoms with van der Waals surface area (Å²) in [5.41, 5.74) is 2.35. The van der Waals surface area contributed by atoms with Crippen molar-refractivity contribution in [3.05, 3.63) is 75.6 Å². The zero-order valence-corrected chi connectivity index (χ0v) is 17.4. The van der Waals surface area contributed by atoms with E-state index in [1.54, 1.807) is 25.2 Å². The van der Waals surface area contributed by atoms with Gasteiger partial charge in [-0.25, -0.2) is 0 Å². The largest absolute Gasteiger partial charge is 0.502 e. The number of para-hydroxylation sites is 1. The fourth-order valence-electron chi connectivity index (χ4n) is 3.22. The van der Waals surface area contributed by atoms with Gasteiger partial charge in [0, 0.05) is 19.2 Å². The lowest BCUT2D eigenvalue weighted by molar-refractivity contribution is 0.0947. The third-order valence-electron chi connectivity index (χ3n) is 4.92. The average Bonchev–Trinajstić information content (AvgIpc) is 2.76. The fraction of sp³-hybridized carbons (Fsp3) is 0.217. The Morgan fingerprint density at radius 1 is 1.10 bits per heavy atom. The van der Waals surface area contributed by atoms with Gasteiger partial charge in [0.25, 0.3) is 11.5 Å². The van der Waals surface area contributed by atoms with E-state index in [2.05, 4.69) is 5.32 Å². The Bertz CT molecular complexity index is 1130. The third kappa shape index (κ3) is 4.00. The van der Waals surface area contributed by atoms with E-state index in [1.165, 1.54) is 24.9 Å². The van der Waals surface area contributed by atoms with Crippen LogP contribution < -0.4 is 20.3 Å². The number of pyridine rings is 1. The predicted octanol–water partition coefficient (Wildman–Crippen LogP) is 3.01. The van der Waals surface area contributed by atoms with E-state index in [9.17, 15) is 14.7 Å². The maximum Gasteiger partial charge on any atom is 0.293 e. The minimum absolute atomic E-state index is 0.0875. The number of nitrogens with one attached hydrogen (secondary N) is 1. The summed E-state index contributed by atoms with van der Waals surface area (Å²) in [4.78, 5) is 25.3. The van der Waals surface area contributed by atoms with Gasteiger partial charge in [0.1, 0.15) is 0 Å². The van der Waals surface area contributed by atoms with Gasteiger partial charge < -0.3 is 24.5 Å². The lowest BCUT2D eigenvalue weighted by atomic mass is 10.1. The molecule has 0 bridgehead atoms. The predicted molar refractivity (Wildman–Crippen MR) is 114 cm³/mol. The summed E-state index contributed by atoms with van der Waals surface area (Å²) in [5.74, 6) is -0.108. The molecule has 1 aromatic heterocycles. The highest BCUT2D eigenvalue weighted by atomic mass is 16.5. The van der Waals surface area contributed by atoms with Gasteiger partial charge in [0.15, 0.2) is 17.2 Å². The number of aromatic nitrogens is 1. The fourth-order valence-corrected chi connectivity index (χ4v) is 3.22. The molecule has 0 aliphatic rings. The lowest BCUT2D eigenvalue weighted by Crippen LogP contribution is -2.27. The lowest BCUT2D eigenvalue weighted by Gasteiger charge is -2.15. The highest BCUT2D eigenvalue weighted by Gasteiger charge is 2.19. The van der Waals surface area contributed by atoms with Gasteiger partial charge in [-0.05, 0) is 24.6 Å². The Labute approximate surface area is 174 Å². The summed E-state index contributed by atoms with van der Waals surface area (Å²) in [6.07, 6.45) is 0. The first-order chi connectivity index (χ1) is 14.4. The maximum atomic E-state index is 12.8. The Kier molecular flexibility index (Phi) is 6.11. The number of ether oxygens (including phenoxy) is 2. The molecule has 1 heterocycles. The number of methoxy groups -OCH3 is 2. The van der Waals surface area contributed by atoms with E-state index in [1.807, 2.05) is 31.2 Å². The van der Waals surface area contributed by atoms with E-state index in [4.69, 9.17) is 9.47 Å². The van der Waals surface area contributed by atoms with Crippen molar-refractivity contribution in [3.8, 4) is 28.5 Å². The number of rotatable bonds is 6. The summed E-state index contributed by atoms with van der Waals surface area (Å²) in [6.45, 7) is 2.10. The van der Waals surface area contributed by atoms with Crippen molar-refractivity contribution >= 4 is 5.91 Å². The summed E-state index contributed by atoms with van der Waals surface area (Å²) in [7, 11) is 4.61. The molecule has 0 saturated carbocycles. The molecule has 2 aromatic carbocycles. The van der Waals surface area contributed by atoms with Crippen molar-refractivity contribution in [1.82, 2.24) is 9.88 Å². The SMILES string of the molecule is COc1cccc(CNC(=O)c2cc(-c3ccc(C)cc3)n(C)c(=O)c2O)c1OC. The normalized spacial score (nSPS) is 10.5. The van der Waals surface area contributed by atoms with Gasteiger partial charge in [-0.1, -0.05) is 42.0 Å². The summed E-state index contributed by atoms with van der Waals surface area (Å²) < 4.78 is 12.0. The molecule has 0 spiro atoms. The molecule has 156 valence electrons. The van der Waals surface area contributed by atoms with Crippen molar-refractivity contribution in [2.45, 2.75) is 13.5 Å². The Balaban J connectivity index is 1.93. The summed E-state index contributed by atoms with van der Waals surface area (Å²) in [5, 5.41) is 13.0. The minimum Gasteiger partial charge on any atom is -0.502 e. The number of carbonyl (C=O) groups is 1. The van der Waals surface area contributed by atoms with Gasteiger partial charge >= 0.3 is 0 Å². The number of aryl methyl sites for hydroxylation is 1. The molecule has 2 N–H and O–H groups in total.